The fraction of sp³-hybridized carbons (Fsp3) is 0.368. The molecule has 0 radical (unpaired) electrons. The minimum absolute atomic E-state index is 0.0519. The molecule has 0 heterocycles. The number of fused-ring (bicyclic) bond motifs is 1. The minimum atomic E-state index is -0.958. The van der Waals surface area contributed by atoms with Crippen LogP contribution in [0.2, 0.25) is 0 Å². The van der Waals surface area contributed by atoms with Crippen LogP contribution in [0.25, 0.3) is 10.8 Å². The third-order valence-corrected chi connectivity index (χ3v) is 3.77. The second-order valence-electron chi connectivity index (χ2n) is 5.73. The van der Waals surface area contributed by atoms with Crippen molar-refractivity contribution in [2.45, 2.75) is 32.2 Å². The first-order valence-corrected chi connectivity index (χ1v) is 8.17. The highest BCUT2D eigenvalue weighted by Gasteiger charge is 2.18. The maximum atomic E-state index is 12.0. The van der Waals surface area contributed by atoms with Gasteiger partial charge in [-0.25, -0.2) is 0 Å². The van der Waals surface area contributed by atoms with E-state index in [9.17, 15) is 9.59 Å². The predicted molar refractivity (Wildman–Crippen MR) is 92.8 cm³/mol. The van der Waals surface area contributed by atoms with Crippen molar-refractivity contribution < 1.29 is 19.4 Å². The molecule has 0 saturated carbocycles. The van der Waals surface area contributed by atoms with Crippen LogP contribution in [-0.4, -0.2) is 30.2 Å². The van der Waals surface area contributed by atoms with Gasteiger partial charge in [-0.15, -0.1) is 0 Å². The molecule has 0 unspecified atom stereocenters. The first-order chi connectivity index (χ1) is 11.6. The maximum absolute atomic E-state index is 12.0. The van der Waals surface area contributed by atoms with E-state index in [-0.39, 0.29) is 18.9 Å². The Morgan fingerprint density at radius 2 is 1.92 bits per heavy atom. The standard InChI is InChI=1S/C19H23NO4/c1-2-3-10-24-13-18(21)20-17(12-19(22)23)16-9-8-14-6-4-5-7-15(14)11-16/h4-9,11,17H,2-3,10,12-13H2,1H3,(H,20,21)(H,22,23)/t17-/m0/s1. The summed E-state index contributed by atoms with van der Waals surface area (Å²) in [5.41, 5.74) is 0.776. The van der Waals surface area contributed by atoms with Crippen molar-refractivity contribution in [1.29, 1.82) is 0 Å². The number of rotatable bonds is 9. The van der Waals surface area contributed by atoms with E-state index >= 15 is 0 Å². The van der Waals surface area contributed by atoms with Gasteiger partial charge in [-0.2, -0.15) is 0 Å². The van der Waals surface area contributed by atoms with Crippen LogP contribution in [0.1, 0.15) is 37.8 Å². The molecule has 0 aromatic heterocycles. The maximum Gasteiger partial charge on any atom is 0.305 e. The molecule has 0 saturated heterocycles. The second-order valence-corrected chi connectivity index (χ2v) is 5.73. The number of carbonyl (C=O) groups is 2. The molecule has 5 heteroatoms. The van der Waals surface area contributed by atoms with Crippen LogP contribution in [0.3, 0.4) is 0 Å². The van der Waals surface area contributed by atoms with Gasteiger partial charge < -0.3 is 15.2 Å². The molecule has 2 rings (SSSR count). The highest BCUT2D eigenvalue weighted by atomic mass is 16.5. The molecule has 0 aliphatic heterocycles. The summed E-state index contributed by atoms with van der Waals surface area (Å²) in [5, 5.41) is 14.0. The van der Waals surface area contributed by atoms with Crippen molar-refractivity contribution in [2.24, 2.45) is 0 Å². The number of benzene rings is 2. The lowest BCUT2D eigenvalue weighted by Crippen LogP contribution is -2.33. The number of ether oxygens (including phenoxy) is 1. The van der Waals surface area contributed by atoms with Crippen LogP contribution in [0.5, 0.6) is 0 Å². The van der Waals surface area contributed by atoms with Crippen molar-refractivity contribution in [3.8, 4) is 0 Å². The largest absolute Gasteiger partial charge is 0.481 e. The van der Waals surface area contributed by atoms with E-state index < -0.39 is 12.0 Å². The lowest BCUT2D eigenvalue weighted by atomic mass is 9.99. The monoisotopic (exact) mass is 329 g/mol. The fourth-order valence-electron chi connectivity index (χ4n) is 2.50. The number of carboxylic acid groups (broad SMARTS) is 1. The molecule has 0 bridgehead atoms. The Morgan fingerprint density at radius 1 is 1.17 bits per heavy atom. The lowest BCUT2D eigenvalue weighted by Gasteiger charge is -2.18. The number of hydrogen-bond acceptors (Lipinski definition) is 3. The average Bonchev–Trinajstić information content (AvgIpc) is 2.57. The number of unbranched alkanes of at least 4 members (excludes halogenated alkanes) is 1. The smallest absolute Gasteiger partial charge is 0.305 e. The van der Waals surface area contributed by atoms with Gasteiger partial charge in [-0.05, 0) is 28.8 Å². The Labute approximate surface area is 141 Å². The highest BCUT2D eigenvalue weighted by Crippen LogP contribution is 2.22. The average molecular weight is 329 g/mol. The summed E-state index contributed by atoms with van der Waals surface area (Å²) in [5.74, 6) is -1.26. The van der Waals surface area contributed by atoms with Crippen LogP contribution in [0, 0.1) is 0 Å². The summed E-state index contributed by atoms with van der Waals surface area (Å²) in [6.45, 7) is 2.53. The molecule has 2 aromatic carbocycles. The molecule has 2 N–H and O–H groups in total. The molecule has 0 fully saturated rings. The van der Waals surface area contributed by atoms with Gasteiger partial charge in [0.25, 0.3) is 0 Å². The van der Waals surface area contributed by atoms with Crippen LogP contribution >= 0.6 is 0 Å². The van der Waals surface area contributed by atoms with Crippen molar-refractivity contribution in [3.63, 3.8) is 0 Å². The van der Waals surface area contributed by atoms with Gasteiger partial charge in [0.05, 0.1) is 12.5 Å². The third kappa shape index (κ3) is 5.35. The lowest BCUT2D eigenvalue weighted by molar-refractivity contribution is -0.138. The van der Waals surface area contributed by atoms with Crippen LogP contribution in [0.15, 0.2) is 42.5 Å². The van der Waals surface area contributed by atoms with Gasteiger partial charge in [0.2, 0.25) is 5.91 Å². The van der Waals surface area contributed by atoms with Gasteiger partial charge in [0.15, 0.2) is 0 Å². The summed E-state index contributed by atoms with van der Waals surface area (Å²) in [6, 6.07) is 13.0. The zero-order valence-electron chi connectivity index (χ0n) is 13.8. The van der Waals surface area contributed by atoms with E-state index in [0.717, 1.165) is 29.2 Å². The van der Waals surface area contributed by atoms with E-state index in [1.54, 1.807) is 0 Å². The fourth-order valence-corrected chi connectivity index (χ4v) is 2.50. The molecule has 5 nitrogen and oxygen atoms in total. The van der Waals surface area contributed by atoms with Crippen LogP contribution in [0.4, 0.5) is 0 Å². The number of aliphatic carboxylic acids is 1. The number of carboxylic acids is 1. The molecule has 2 aromatic rings. The Balaban J connectivity index is 2.08. The molecule has 0 aliphatic carbocycles. The molecule has 128 valence electrons. The second kappa shape index (κ2) is 9.03. The van der Waals surface area contributed by atoms with Crippen molar-refractivity contribution in [2.75, 3.05) is 13.2 Å². The minimum Gasteiger partial charge on any atom is -0.481 e. The third-order valence-electron chi connectivity index (χ3n) is 3.77. The molecular formula is C19H23NO4. The van der Waals surface area contributed by atoms with Gasteiger partial charge in [0.1, 0.15) is 6.61 Å². The zero-order chi connectivity index (χ0) is 17.4. The van der Waals surface area contributed by atoms with Crippen LogP contribution < -0.4 is 5.32 Å². The van der Waals surface area contributed by atoms with E-state index in [4.69, 9.17) is 9.84 Å². The summed E-state index contributed by atoms with van der Waals surface area (Å²) < 4.78 is 5.29. The molecule has 24 heavy (non-hydrogen) atoms. The van der Waals surface area contributed by atoms with Crippen molar-refractivity contribution in [1.82, 2.24) is 5.32 Å². The van der Waals surface area contributed by atoms with E-state index in [2.05, 4.69) is 5.32 Å². The van der Waals surface area contributed by atoms with Gasteiger partial charge in [-0.1, -0.05) is 49.7 Å². The Kier molecular flexibility index (Phi) is 6.75. The normalized spacial score (nSPS) is 12.0. The van der Waals surface area contributed by atoms with Crippen molar-refractivity contribution in [3.05, 3.63) is 48.0 Å². The molecular weight excluding hydrogens is 306 g/mol. The van der Waals surface area contributed by atoms with Crippen molar-refractivity contribution >= 4 is 22.6 Å². The Bertz CT molecular complexity index is 699. The SMILES string of the molecule is CCCCOCC(=O)N[C@@H](CC(=O)O)c1ccc2ccccc2c1. The van der Waals surface area contributed by atoms with Gasteiger partial charge in [-0.3, -0.25) is 9.59 Å². The number of nitrogens with one attached hydrogen (secondary N) is 1. The van der Waals surface area contributed by atoms with Gasteiger partial charge >= 0.3 is 5.97 Å². The molecule has 1 atom stereocenters. The number of hydrogen-bond donors (Lipinski definition) is 2. The highest BCUT2D eigenvalue weighted by molar-refractivity contribution is 5.84. The van der Waals surface area contributed by atoms with E-state index in [1.807, 2.05) is 49.4 Å². The quantitative estimate of drug-likeness (QED) is 0.692. The Hall–Kier alpha value is -2.40. The molecule has 0 aliphatic rings. The Morgan fingerprint density at radius 3 is 2.62 bits per heavy atom. The number of carbonyl (C=O) groups excluding carboxylic acids is 1. The molecule has 1 amide bonds. The molecule has 0 spiro atoms. The van der Waals surface area contributed by atoms with E-state index in [0.29, 0.717) is 6.61 Å². The summed E-state index contributed by atoms with van der Waals surface area (Å²) in [7, 11) is 0. The first-order valence-electron chi connectivity index (χ1n) is 8.17. The van der Waals surface area contributed by atoms with Gasteiger partial charge in [0, 0.05) is 6.61 Å². The van der Waals surface area contributed by atoms with Crippen LogP contribution in [-0.2, 0) is 14.3 Å². The summed E-state index contributed by atoms with van der Waals surface area (Å²) >= 11 is 0. The first kappa shape index (κ1) is 17.9. The van der Waals surface area contributed by atoms with E-state index in [1.165, 1.54) is 0 Å². The summed E-state index contributed by atoms with van der Waals surface area (Å²) in [6.07, 6.45) is 1.73. The zero-order valence-corrected chi connectivity index (χ0v) is 13.8. The number of amides is 1. The topological polar surface area (TPSA) is 75.6 Å². The predicted octanol–water partition coefficient (Wildman–Crippen LogP) is 3.29. The summed E-state index contributed by atoms with van der Waals surface area (Å²) in [4.78, 5) is 23.2.